The van der Waals surface area contributed by atoms with Crippen molar-refractivity contribution in [2.75, 3.05) is 6.54 Å². The van der Waals surface area contributed by atoms with Crippen LogP contribution >= 0.6 is 0 Å². The van der Waals surface area contributed by atoms with Crippen molar-refractivity contribution >= 4 is 11.8 Å². The first kappa shape index (κ1) is 13.5. The molecule has 1 aromatic carbocycles. The Hall–Kier alpha value is -1.91. The van der Waals surface area contributed by atoms with Gasteiger partial charge in [-0.15, -0.1) is 0 Å². The Morgan fingerprint density at radius 2 is 2.00 bits per heavy atom. The van der Waals surface area contributed by atoms with E-state index in [9.17, 15) is 14.0 Å². The van der Waals surface area contributed by atoms with E-state index in [1.807, 2.05) is 6.92 Å². The molecule has 5 heteroatoms. The number of hydrogen-bond donors (Lipinski definition) is 1. The molecule has 1 aliphatic heterocycles. The average molecular weight is 264 g/mol. The van der Waals surface area contributed by atoms with Crippen molar-refractivity contribution in [1.82, 2.24) is 4.90 Å². The van der Waals surface area contributed by atoms with Crippen molar-refractivity contribution in [3.8, 4) is 0 Å². The Kier molecular flexibility index (Phi) is 3.83. The minimum absolute atomic E-state index is 0.0114. The largest absolute Gasteiger partial charge is 0.369 e. The minimum Gasteiger partial charge on any atom is -0.369 e. The van der Waals surface area contributed by atoms with Crippen molar-refractivity contribution in [3.05, 3.63) is 35.6 Å². The molecule has 0 aliphatic carbocycles. The number of carbonyl (C=O) groups is 2. The first-order valence-electron chi connectivity index (χ1n) is 6.35. The number of hydrogen-bond acceptors (Lipinski definition) is 2. The summed E-state index contributed by atoms with van der Waals surface area (Å²) < 4.78 is 13.6. The molecular weight excluding hydrogens is 247 g/mol. The molecule has 0 radical (unpaired) electrons. The second-order valence-corrected chi connectivity index (χ2v) is 4.96. The molecule has 0 saturated carbocycles. The lowest BCUT2D eigenvalue weighted by Crippen LogP contribution is -2.48. The highest BCUT2D eigenvalue weighted by Crippen LogP contribution is 2.24. The number of halogens is 1. The van der Waals surface area contributed by atoms with Crippen LogP contribution in [-0.4, -0.2) is 29.3 Å². The van der Waals surface area contributed by atoms with E-state index < -0.39 is 11.7 Å². The zero-order valence-corrected chi connectivity index (χ0v) is 10.8. The number of amides is 2. The van der Waals surface area contributed by atoms with Crippen molar-refractivity contribution in [2.24, 2.45) is 11.7 Å². The maximum atomic E-state index is 13.6. The second-order valence-electron chi connectivity index (χ2n) is 4.96. The maximum absolute atomic E-state index is 13.6. The van der Waals surface area contributed by atoms with Gasteiger partial charge in [0.15, 0.2) is 0 Å². The van der Waals surface area contributed by atoms with E-state index >= 15 is 0 Å². The first-order valence-corrected chi connectivity index (χ1v) is 6.35. The Bertz CT molecular complexity index is 504. The summed E-state index contributed by atoms with van der Waals surface area (Å²) in [6.07, 6.45) is 1.38. The molecule has 2 atom stereocenters. The molecule has 0 aromatic heterocycles. The summed E-state index contributed by atoms with van der Waals surface area (Å²) in [5.74, 6) is -1.66. The lowest BCUT2D eigenvalue weighted by atomic mass is 9.92. The predicted molar refractivity (Wildman–Crippen MR) is 68.8 cm³/mol. The molecule has 0 spiro atoms. The lowest BCUT2D eigenvalue weighted by Gasteiger charge is -2.37. The highest BCUT2D eigenvalue weighted by atomic mass is 19.1. The molecule has 2 rings (SSSR count). The van der Waals surface area contributed by atoms with Crippen LogP contribution in [-0.2, 0) is 4.79 Å². The van der Waals surface area contributed by atoms with Crippen LogP contribution in [0.4, 0.5) is 4.39 Å². The van der Waals surface area contributed by atoms with Crippen molar-refractivity contribution < 1.29 is 14.0 Å². The summed E-state index contributed by atoms with van der Waals surface area (Å²) in [4.78, 5) is 25.1. The van der Waals surface area contributed by atoms with Gasteiger partial charge in [-0.2, -0.15) is 0 Å². The van der Waals surface area contributed by atoms with Gasteiger partial charge in [0.1, 0.15) is 5.82 Å². The molecule has 1 heterocycles. The molecule has 102 valence electrons. The molecule has 2 amide bonds. The number of likely N-dealkylation sites (tertiary alicyclic amines) is 1. The number of carbonyl (C=O) groups excluding carboxylic acids is 2. The van der Waals surface area contributed by atoms with E-state index in [2.05, 4.69) is 0 Å². The average Bonchev–Trinajstić information content (AvgIpc) is 2.38. The molecular formula is C14H17FN2O2. The highest BCUT2D eigenvalue weighted by molar-refractivity contribution is 5.95. The molecule has 1 fully saturated rings. The number of primary amides is 1. The topological polar surface area (TPSA) is 63.4 Å². The van der Waals surface area contributed by atoms with Gasteiger partial charge in [-0.1, -0.05) is 12.1 Å². The van der Waals surface area contributed by atoms with Crippen LogP contribution in [0.15, 0.2) is 24.3 Å². The van der Waals surface area contributed by atoms with E-state index in [0.717, 1.165) is 0 Å². The smallest absolute Gasteiger partial charge is 0.257 e. The van der Waals surface area contributed by atoms with Crippen LogP contribution in [0.3, 0.4) is 0 Å². The van der Waals surface area contributed by atoms with Gasteiger partial charge < -0.3 is 10.6 Å². The molecule has 1 aromatic rings. The van der Waals surface area contributed by atoms with E-state index in [1.54, 1.807) is 6.07 Å². The summed E-state index contributed by atoms with van der Waals surface area (Å²) in [7, 11) is 0. The van der Waals surface area contributed by atoms with E-state index in [1.165, 1.54) is 23.1 Å². The Balaban J connectivity index is 2.22. The number of benzene rings is 1. The van der Waals surface area contributed by atoms with Crippen LogP contribution in [0.5, 0.6) is 0 Å². The molecule has 4 nitrogen and oxygen atoms in total. The van der Waals surface area contributed by atoms with Crippen LogP contribution in [0.1, 0.15) is 30.1 Å². The molecule has 1 saturated heterocycles. The van der Waals surface area contributed by atoms with Crippen molar-refractivity contribution in [3.63, 3.8) is 0 Å². The van der Waals surface area contributed by atoms with Crippen molar-refractivity contribution in [2.45, 2.75) is 25.8 Å². The standard InChI is InChI=1S/C14H17FN2O2/c1-9-6-7-10(13(16)18)8-17(9)14(19)11-4-2-3-5-12(11)15/h2-5,9-10H,6-8H2,1H3,(H2,16,18). The highest BCUT2D eigenvalue weighted by Gasteiger charge is 2.32. The number of nitrogens with two attached hydrogens (primary N) is 1. The first-order chi connectivity index (χ1) is 9.00. The zero-order valence-electron chi connectivity index (χ0n) is 10.8. The third-order valence-corrected chi connectivity index (χ3v) is 3.65. The molecule has 2 N–H and O–H groups in total. The summed E-state index contributed by atoms with van der Waals surface area (Å²) >= 11 is 0. The van der Waals surface area contributed by atoms with Gasteiger partial charge in [0.2, 0.25) is 5.91 Å². The molecule has 2 unspecified atom stereocenters. The summed E-state index contributed by atoms with van der Waals surface area (Å²) in [6, 6.07) is 5.86. The van der Waals surface area contributed by atoms with Gasteiger partial charge in [-0.05, 0) is 31.9 Å². The third-order valence-electron chi connectivity index (χ3n) is 3.65. The SMILES string of the molecule is CC1CCC(C(N)=O)CN1C(=O)c1ccccc1F. The Morgan fingerprint density at radius 3 is 2.63 bits per heavy atom. The fourth-order valence-electron chi connectivity index (χ4n) is 2.41. The van der Waals surface area contributed by atoms with E-state index in [-0.39, 0.29) is 30.0 Å². The fourth-order valence-corrected chi connectivity index (χ4v) is 2.41. The number of rotatable bonds is 2. The molecule has 1 aliphatic rings. The van der Waals surface area contributed by atoms with Gasteiger partial charge in [0.25, 0.3) is 5.91 Å². The number of piperidine rings is 1. The third kappa shape index (κ3) is 2.75. The normalized spacial score (nSPS) is 23.2. The molecule has 19 heavy (non-hydrogen) atoms. The fraction of sp³-hybridized carbons (Fsp3) is 0.429. The van der Waals surface area contributed by atoms with Crippen molar-refractivity contribution in [1.29, 1.82) is 0 Å². The van der Waals surface area contributed by atoms with Gasteiger partial charge >= 0.3 is 0 Å². The monoisotopic (exact) mass is 264 g/mol. The van der Waals surface area contributed by atoms with Crippen LogP contribution < -0.4 is 5.73 Å². The summed E-state index contributed by atoms with van der Waals surface area (Å²) in [5, 5.41) is 0. The minimum atomic E-state index is -0.541. The second kappa shape index (κ2) is 5.38. The molecule has 0 bridgehead atoms. The van der Waals surface area contributed by atoms with E-state index in [4.69, 9.17) is 5.73 Å². The predicted octanol–water partition coefficient (Wildman–Crippen LogP) is 1.55. The summed E-state index contributed by atoms with van der Waals surface area (Å²) in [6.45, 7) is 2.17. The van der Waals surface area contributed by atoms with Crippen LogP contribution in [0.2, 0.25) is 0 Å². The van der Waals surface area contributed by atoms with Crippen LogP contribution in [0.25, 0.3) is 0 Å². The quantitative estimate of drug-likeness (QED) is 0.881. The van der Waals surface area contributed by atoms with Gasteiger partial charge in [0, 0.05) is 12.6 Å². The zero-order chi connectivity index (χ0) is 14.0. The van der Waals surface area contributed by atoms with Gasteiger partial charge in [0.05, 0.1) is 11.5 Å². The maximum Gasteiger partial charge on any atom is 0.257 e. The van der Waals surface area contributed by atoms with Gasteiger partial charge in [-0.25, -0.2) is 4.39 Å². The van der Waals surface area contributed by atoms with Gasteiger partial charge in [-0.3, -0.25) is 9.59 Å². The van der Waals surface area contributed by atoms with E-state index in [0.29, 0.717) is 12.8 Å². The Labute approximate surface area is 111 Å². The Morgan fingerprint density at radius 1 is 1.32 bits per heavy atom. The summed E-state index contributed by atoms with van der Waals surface area (Å²) in [5.41, 5.74) is 5.33. The number of nitrogens with zero attached hydrogens (tertiary/aromatic N) is 1. The van der Waals surface area contributed by atoms with Crippen LogP contribution in [0, 0.1) is 11.7 Å². The lowest BCUT2D eigenvalue weighted by molar-refractivity contribution is -0.123.